The molecule has 10 nitrogen and oxygen atoms in total. The number of carbonyl (C=O) groups excluding carboxylic acids is 1. The molecule has 0 radical (unpaired) electrons. The minimum absolute atomic E-state index is 0.0428. The molecule has 0 spiro atoms. The predicted molar refractivity (Wildman–Crippen MR) is 138 cm³/mol. The van der Waals surface area contributed by atoms with Crippen LogP contribution in [-0.2, 0) is 23.1 Å². The van der Waals surface area contributed by atoms with E-state index in [2.05, 4.69) is 20.6 Å². The van der Waals surface area contributed by atoms with Gasteiger partial charge in [-0.25, -0.2) is 14.4 Å². The highest BCUT2D eigenvalue weighted by molar-refractivity contribution is 7.54. The summed E-state index contributed by atoms with van der Waals surface area (Å²) in [5.74, 6) is -0.352. The van der Waals surface area contributed by atoms with E-state index in [1.165, 1.54) is 24.5 Å². The largest absolute Gasteiger partial charge is 0.486 e. The maximum atomic E-state index is 13.6. The fraction of sp³-hybridized carbons (Fsp3) is 0.375. The molecule has 1 amide bonds. The molecule has 198 valence electrons. The van der Waals surface area contributed by atoms with Gasteiger partial charge in [-0.05, 0) is 38.1 Å². The number of hydrogen-bond acceptors (Lipinski definition) is 9. The number of anilines is 3. The second-order valence-electron chi connectivity index (χ2n) is 8.10. The van der Waals surface area contributed by atoms with Crippen molar-refractivity contribution in [2.45, 2.75) is 26.4 Å². The number of benzene rings is 2. The van der Waals surface area contributed by atoms with E-state index in [4.69, 9.17) is 30.1 Å². The number of rotatable bonds is 11. The summed E-state index contributed by atoms with van der Waals surface area (Å²) < 4.78 is 48.5. The van der Waals surface area contributed by atoms with Crippen molar-refractivity contribution in [1.29, 1.82) is 0 Å². The Hall–Kier alpha value is -2.82. The zero-order chi connectivity index (χ0) is 26.4. The van der Waals surface area contributed by atoms with E-state index in [9.17, 15) is 13.8 Å². The van der Waals surface area contributed by atoms with Gasteiger partial charge in [-0.3, -0.25) is 9.36 Å². The lowest BCUT2D eigenvalue weighted by Crippen LogP contribution is -2.21. The highest BCUT2D eigenvalue weighted by Gasteiger charge is 2.29. The number of hydrogen-bond donors (Lipinski definition) is 2. The van der Waals surface area contributed by atoms with Gasteiger partial charge in [0.05, 0.1) is 42.7 Å². The fourth-order valence-electron chi connectivity index (χ4n) is 3.76. The Labute approximate surface area is 218 Å². The number of halogens is 2. The lowest BCUT2D eigenvalue weighted by Gasteiger charge is -2.19. The average Bonchev–Trinajstić information content (AvgIpc) is 3.35. The fourth-order valence-corrected chi connectivity index (χ4v) is 5.42. The molecule has 1 aromatic heterocycles. The third-order valence-electron chi connectivity index (χ3n) is 5.36. The van der Waals surface area contributed by atoms with Crippen LogP contribution in [0.5, 0.6) is 5.75 Å². The highest BCUT2D eigenvalue weighted by Crippen LogP contribution is 2.48. The Kier molecular flexibility index (Phi) is 8.94. The molecular formula is C24H27ClFN4O6P. The molecule has 37 heavy (non-hydrogen) atoms. The van der Waals surface area contributed by atoms with Crippen LogP contribution in [0.4, 0.5) is 21.6 Å². The summed E-state index contributed by atoms with van der Waals surface area (Å²) >= 11 is 5.91. The van der Waals surface area contributed by atoms with Crippen LogP contribution in [0.2, 0.25) is 5.02 Å². The van der Waals surface area contributed by atoms with Crippen LogP contribution in [-0.4, -0.2) is 54.6 Å². The number of ether oxygens (including phenoxy) is 2. The maximum Gasteiger partial charge on any atom is 0.340 e. The molecule has 1 atom stereocenters. The van der Waals surface area contributed by atoms with Crippen LogP contribution >= 0.6 is 19.2 Å². The third kappa shape index (κ3) is 6.94. The first-order valence-electron chi connectivity index (χ1n) is 11.7. The summed E-state index contributed by atoms with van der Waals surface area (Å²) in [7, 11) is -3.62. The van der Waals surface area contributed by atoms with Crippen molar-refractivity contribution in [3.63, 3.8) is 0 Å². The number of aromatic nitrogens is 2. The average molecular weight is 553 g/mol. The third-order valence-corrected chi connectivity index (χ3v) is 7.63. The van der Waals surface area contributed by atoms with E-state index in [1.54, 1.807) is 26.0 Å². The molecule has 1 saturated heterocycles. The first-order chi connectivity index (χ1) is 17.8. The van der Waals surface area contributed by atoms with Gasteiger partial charge in [0.1, 0.15) is 36.0 Å². The van der Waals surface area contributed by atoms with Gasteiger partial charge < -0.3 is 29.2 Å². The Morgan fingerprint density at radius 2 is 2.00 bits per heavy atom. The van der Waals surface area contributed by atoms with Gasteiger partial charge in [-0.1, -0.05) is 11.6 Å². The Bertz CT molecular complexity index is 1310. The molecule has 0 saturated carbocycles. The van der Waals surface area contributed by atoms with Crippen molar-refractivity contribution < 1.29 is 32.3 Å². The molecule has 0 bridgehead atoms. The number of amides is 1. The zero-order valence-corrected chi connectivity index (χ0v) is 22.0. The van der Waals surface area contributed by atoms with Crippen LogP contribution < -0.4 is 15.4 Å². The molecule has 2 N–H and O–H groups in total. The minimum atomic E-state index is -3.62. The van der Waals surface area contributed by atoms with Crippen molar-refractivity contribution in [2.75, 3.05) is 43.2 Å². The van der Waals surface area contributed by atoms with Crippen LogP contribution in [0, 0.1) is 5.82 Å². The SMILES string of the molecule is CCOP(=O)(CC(=O)Nc1cc2c(Nc3ccc(F)c(Cl)c3)ncnc2cc1O[C@@H]1CCOC1)OCC. The van der Waals surface area contributed by atoms with Crippen LogP contribution in [0.15, 0.2) is 36.7 Å². The zero-order valence-electron chi connectivity index (χ0n) is 20.3. The lowest BCUT2D eigenvalue weighted by atomic mass is 10.1. The molecule has 0 unspecified atom stereocenters. The number of nitrogens with one attached hydrogen (secondary N) is 2. The van der Waals surface area contributed by atoms with Gasteiger partial charge in [-0.2, -0.15) is 0 Å². The maximum absolute atomic E-state index is 13.6. The van der Waals surface area contributed by atoms with E-state index in [-0.39, 0.29) is 24.3 Å². The van der Waals surface area contributed by atoms with Crippen molar-refractivity contribution >= 4 is 53.2 Å². The summed E-state index contributed by atoms with van der Waals surface area (Å²) in [5, 5.41) is 6.37. The Morgan fingerprint density at radius 1 is 1.22 bits per heavy atom. The molecule has 2 aromatic carbocycles. The van der Waals surface area contributed by atoms with Crippen molar-refractivity contribution in [3.05, 3.63) is 47.5 Å². The lowest BCUT2D eigenvalue weighted by molar-refractivity contribution is -0.114. The molecule has 1 aliphatic heterocycles. The summed E-state index contributed by atoms with van der Waals surface area (Å²) in [4.78, 5) is 21.6. The molecule has 0 aliphatic carbocycles. The highest BCUT2D eigenvalue weighted by atomic mass is 35.5. The minimum Gasteiger partial charge on any atom is -0.486 e. The number of carbonyl (C=O) groups is 1. The predicted octanol–water partition coefficient (Wildman–Crippen LogP) is 5.54. The smallest absolute Gasteiger partial charge is 0.340 e. The molecule has 2 heterocycles. The van der Waals surface area contributed by atoms with Gasteiger partial charge >= 0.3 is 7.60 Å². The van der Waals surface area contributed by atoms with E-state index in [0.29, 0.717) is 53.5 Å². The quantitative estimate of drug-likeness (QED) is 0.295. The van der Waals surface area contributed by atoms with Gasteiger partial charge in [0, 0.05) is 23.6 Å². The van der Waals surface area contributed by atoms with Crippen LogP contribution in [0.25, 0.3) is 10.9 Å². The first kappa shape index (κ1) is 27.2. The summed E-state index contributed by atoms with van der Waals surface area (Å²) in [6, 6.07) is 7.53. The van der Waals surface area contributed by atoms with Crippen molar-refractivity contribution in [3.8, 4) is 5.75 Å². The number of fused-ring (bicyclic) bond motifs is 1. The molecule has 3 aromatic rings. The van der Waals surface area contributed by atoms with E-state index < -0.39 is 25.5 Å². The van der Waals surface area contributed by atoms with Gasteiger partial charge in [0.25, 0.3) is 0 Å². The summed E-state index contributed by atoms with van der Waals surface area (Å²) in [6.45, 7) is 4.60. The van der Waals surface area contributed by atoms with Gasteiger partial charge in [0.2, 0.25) is 5.91 Å². The van der Waals surface area contributed by atoms with Gasteiger partial charge in [-0.15, -0.1) is 0 Å². The Morgan fingerprint density at radius 3 is 2.68 bits per heavy atom. The number of nitrogens with zero attached hydrogens (tertiary/aromatic N) is 2. The first-order valence-corrected chi connectivity index (χ1v) is 13.8. The van der Waals surface area contributed by atoms with Crippen molar-refractivity contribution in [1.82, 2.24) is 9.97 Å². The topological polar surface area (TPSA) is 121 Å². The van der Waals surface area contributed by atoms with Crippen molar-refractivity contribution in [2.24, 2.45) is 0 Å². The monoisotopic (exact) mass is 552 g/mol. The second-order valence-corrected chi connectivity index (χ2v) is 10.6. The molecule has 1 aliphatic rings. The van der Waals surface area contributed by atoms with E-state index in [0.717, 1.165) is 0 Å². The normalized spacial score (nSPS) is 15.6. The molecule has 13 heteroatoms. The molecule has 1 fully saturated rings. The van der Waals surface area contributed by atoms with Gasteiger partial charge in [0.15, 0.2) is 0 Å². The van der Waals surface area contributed by atoms with Crippen LogP contribution in [0.1, 0.15) is 20.3 Å². The standard InChI is InChI=1S/C24H27ClFN4O6P/c1-3-34-37(32,35-4-2)13-23(31)30-21-10-17-20(11-22(21)36-16-7-8-33-12-16)27-14-28-24(17)29-15-5-6-19(26)18(25)9-15/h5-6,9-11,14,16H,3-4,7-8,12-13H2,1-2H3,(H,30,31)(H,27,28,29)/t16-/m1/s1. The van der Waals surface area contributed by atoms with E-state index in [1.807, 2.05) is 0 Å². The molecule has 4 rings (SSSR count). The Balaban J connectivity index is 1.68. The second kappa shape index (κ2) is 12.1. The molecular weight excluding hydrogens is 526 g/mol. The summed E-state index contributed by atoms with van der Waals surface area (Å²) in [6.07, 6.45) is 1.39. The summed E-state index contributed by atoms with van der Waals surface area (Å²) in [5.41, 5.74) is 1.36. The van der Waals surface area contributed by atoms with E-state index >= 15 is 0 Å². The van der Waals surface area contributed by atoms with Crippen LogP contribution in [0.3, 0.4) is 0 Å².